The van der Waals surface area contributed by atoms with Crippen molar-refractivity contribution in [3.05, 3.63) is 101 Å². The normalized spacial score (nSPS) is 15.6. The summed E-state index contributed by atoms with van der Waals surface area (Å²) in [6.45, 7) is 10.1. The molecule has 0 amide bonds. The zero-order valence-electron chi connectivity index (χ0n) is 29.3. The Morgan fingerprint density at radius 2 is 1.70 bits per heavy atom. The van der Waals surface area contributed by atoms with Gasteiger partial charge >= 0.3 is 5.97 Å². The third-order valence-corrected chi connectivity index (χ3v) is 9.00. The summed E-state index contributed by atoms with van der Waals surface area (Å²) in [4.78, 5) is 18.1. The lowest BCUT2D eigenvalue weighted by molar-refractivity contribution is -0.160. The molecule has 8 nitrogen and oxygen atoms in total. The van der Waals surface area contributed by atoms with Gasteiger partial charge in [0.15, 0.2) is 6.10 Å². The maximum Gasteiger partial charge on any atom is 0.337 e. The molecule has 4 aromatic rings. The van der Waals surface area contributed by atoms with Gasteiger partial charge in [0.1, 0.15) is 17.3 Å². The van der Waals surface area contributed by atoms with E-state index in [1.54, 1.807) is 12.1 Å². The first-order valence-electron chi connectivity index (χ1n) is 17.4. The van der Waals surface area contributed by atoms with Crippen LogP contribution in [0.1, 0.15) is 74.2 Å². The van der Waals surface area contributed by atoms with Crippen LogP contribution in [-0.2, 0) is 38.5 Å². The van der Waals surface area contributed by atoms with Crippen molar-refractivity contribution in [3.8, 4) is 33.8 Å². The average Bonchev–Trinajstić information content (AvgIpc) is 3.10. The summed E-state index contributed by atoms with van der Waals surface area (Å²) in [5, 5.41) is 10.7. The highest BCUT2D eigenvalue weighted by Crippen LogP contribution is 2.44. The highest BCUT2D eigenvalue weighted by Gasteiger charge is 2.34. The molecular weight excluding hydrogens is 637 g/mol. The van der Waals surface area contributed by atoms with E-state index in [1.165, 1.54) is 12.1 Å². The Bertz CT molecular complexity index is 1780. The number of fused-ring (bicyclic) bond motifs is 1. The second-order valence-corrected chi connectivity index (χ2v) is 13.9. The summed E-state index contributed by atoms with van der Waals surface area (Å²) in [7, 11) is 0. The van der Waals surface area contributed by atoms with Gasteiger partial charge in [-0.3, -0.25) is 4.98 Å². The maximum atomic E-state index is 13.3. The van der Waals surface area contributed by atoms with E-state index in [2.05, 4.69) is 6.07 Å². The monoisotopic (exact) mass is 683 g/mol. The molecule has 1 unspecified atom stereocenters. The Balaban J connectivity index is 1.46. The molecule has 0 bridgehead atoms. The molecule has 0 saturated carbocycles. The number of rotatable bonds is 12. The average molecular weight is 684 g/mol. The molecule has 2 aliphatic heterocycles. The number of carboxylic acids is 1. The second kappa shape index (κ2) is 15.7. The molecule has 2 aliphatic rings. The summed E-state index contributed by atoms with van der Waals surface area (Å²) in [6, 6.07) is 20.3. The third kappa shape index (κ3) is 8.70. The van der Waals surface area contributed by atoms with E-state index in [9.17, 15) is 14.3 Å². The summed E-state index contributed by atoms with van der Waals surface area (Å²) < 4.78 is 43.7. The Labute approximate surface area is 293 Å². The fourth-order valence-corrected chi connectivity index (χ4v) is 6.61. The largest absolute Gasteiger partial charge is 0.493 e. The fourth-order valence-electron chi connectivity index (χ4n) is 6.61. The SMILES string of the molecule is Cc1nc(COC2CCOCC2)c(-c2ccc(OCCc3ccc(F)cc3)cc2)c(-c2ccc3c(c2)CCCO3)c1C(OC(C)(C)C)C(=O)O. The quantitative estimate of drug-likeness (QED) is 0.159. The molecule has 1 fully saturated rings. The van der Waals surface area contributed by atoms with Crippen LogP contribution in [0.5, 0.6) is 11.5 Å². The van der Waals surface area contributed by atoms with Crippen molar-refractivity contribution < 1.29 is 38.0 Å². The number of aryl methyl sites for hydroxylation is 2. The van der Waals surface area contributed by atoms with Crippen LogP contribution >= 0.6 is 0 Å². The van der Waals surface area contributed by atoms with Crippen LogP contribution in [0.2, 0.25) is 0 Å². The standard InChI is InChI=1S/C41H46FNO7/c1-26-36(39(40(44)45)50-41(2,3)4)38(30-11-16-35-29(24-30)6-5-20-48-35)37(34(43-26)25-49-33-18-21-46-22-19-33)28-9-14-32(15-10-28)47-23-17-27-7-12-31(42)13-8-27/h7-16,24,33,39H,5-6,17-23,25H2,1-4H3,(H,44,45). The molecule has 3 aromatic carbocycles. The Morgan fingerprint density at radius 1 is 0.980 bits per heavy atom. The number of aliphatic carboxylic acids is 1. The van der Waals surface area contributed by atoms with Crippen LogP contribution in [0.3, 0.4) is 0 Å². The lowest BCUT2D eigenvalue weighted by Crippen LogP contribution is -2.29. The Hall–Kier alpha value is -4.31. The number of ether oxygens (including phenoxy) is 5. The molecule has 1 saturated heterocycles. The molecule has 1 atom stereocenters. The van der Waals surface area contributed by atoms with Crippen molar-refractivity contribution in [3.63, 3.8) is 0 Å². The van der Waals surface area contributed by atoms with Gasteiger partial charge in [0.25, 0.3) is 0 Å². The van der Waals surface area contributed by atoms with Gasteiger partial charge in [0.2, 0.25) is 0 Å². The topological polar surface area (TPSA) is 96.3 Å². The molecule has 264 valence electrons. The molecule has 6 rings (SSSR count). The summed E-state index contributed by atoms with van der Waals surface area (Å²) in [5.41, 5.74) is 6.36. The molecule has 0 spiro atoms. The van der Waals surface area contributed by atoms with Gasteiger partial charge in [-0.1, -0.05) is 30.3 Å². The molecule has 1 N–H and O–H groups in total. The molecule has 0 radical (unpaired) electrons. The van der Waals surface area contributed by atoms with Crippen molar-refractivity contribution in [1.29, 1.82) is 0 Å². The van der Waals surface area contributed by atoms with E-state index < -0.39 is 17.7 Å². The minimum Gasteiger partial charge on any atom is -0.493 e. The number of carbonyl (C=O) groups is 1. The second-order valence-electron chi connectivity index (χ2n) is 13.9. The van der Waals surface area contributed by atoms with E-state index in [1.807, 2.05) is 64.1 Å². The van der Waals surface area contributed by atoms with Crippen molar-refractivity contribution >= 4 is 5.97 Å². The van der Waals surface area contributed by atoms with E-state index in [0.29, 0.717) is 55.5 Å². The van der Waals surface area contributed by atoms with E-state index in [4.69, 9.17) is 28.7 Å². The minimum absolute atomic E-state index is 0.0376. The van der Waals surface area contributed by atoms with Gasteiger partial charge in [-0.15, -0.1) is 0 Å². The predicted octanol–water partition coefficient (Wildman–Crippen LogP) is 8.45. The highest BCUT2D eigenvalue weighted by atomic mass is 19.1. The lowest BCUT2D eigenvalue weighted by Gasteiger charge is -2.30. The van der Waals surface area contributed by atoms with Crippen molar-refractivity contribution in [2.75, 3.05) is 26.4 Å². The van der Waals surface area contributed by atoms with Crippen LogP contribution in [0.25, 0.3) is 22.3 Å². The fraction of sp³-hybridized carbons (Fsp3) is 0.415. The molecule has 0 aliphatic carbocycles. The van der Waals surface area contributed by atoms with E-state index in [-0.39, 0.29) is 18.5 Å². The smallest absolute Gasteiger partial charge is 0.337 e. The van der Waals surface area contributed by atoms with E-state index >= 15 is 0 Å². The number of aromatic nitrogens is 1. The highest BCUT2D eigenvalue weighted by molar-refractivity contribution is 5.91. The van der Waals surface area contributed by atoms with Gasteiger partial charge in [0.05, 0.1) is 37.2 Å². The van der Waals surface area contributed by atoms with E-state index in [0.717, 1.165) is 64.8 Å². The number of carboxylic acid groups (broad SMARTS) is 1. The van der Waals surface area contributed by atoms with Crippen molar-refractivity contribution in [2.24, 2.45) is 0 Å². The zero-order valence-corrected chi connectivity index (χ0v) is 29.3. The third-order valence-electron chi connectivity index (χ3n) is 9.00. The van der Waals surface area contributed by atoms with Gasteiger partial charge in [-0.2, -0.15) is 0 Å². The number of halogens is 1. The lowest BCUT2D eigenvalue weighted by atomic mass is 9.85. The number of hydrogen-bond donors (Lipinski definition) is 1. The van der Waals surface area contributed by atoms with Gasteiger partial charge in [-0.25, -0.2) is 9.18 Å². The molecular formula is C41H46FNO7. The van der Waals surface area contributed by atoms with Crippen molar-refractivity contribution in [1.82, 2.24) is 4.98 Å². The molecule has 1 aromatic heterocycles. The molecule has 50 heavy (non-hydrogen) atoms. The van der Waals surface area contributed by atoms with Crippen LogP contribution in [0.4, 0.5) is 4.39 Å². The van der Waals surface area contributed by atoms with Crippen LogP contribution in [-0.4, -0.2) is 54.2 Å². The van der Waals surface area contributed by atoms with Gasteiger partial charge in [-0.05, 0) is 118 Å². The Kier molecular flexibility index (Phi) is 11.2. The van der Waals surface area contributed by atoms with Crippen LogP contribution in [0, 0.1) is 12.7 Å². The summed E-state index contributed by atoms with van der Waals surface area (Å²) in [5.74, 6) is 0.177. The first-order valence-corrected chi connectivity index (χ1v) is 17.4. The van der Waals surface area contributed by atoms with Crippen LogP contribution < -0.4 is 9.47 Å². The zero-order chi connectivity index (χ0) is 35.3. The number of benzene rings is 3. The van der Waals surface area contributed by atoms with Crippen molar-refractivity contribution in [2.45, 2.75) is 84.2 Å². The molecule has 3 heterocycles. The maximum absolute atomic E-state index is 13.3. The first-order chi connectivity index (χ1) is 24.1. The van der Waals surface area contributed by atoms with Gasteiger partial charge < -0.3 is 28.8 Å². The predicted molar refractivity (Wildman–Crippen MR) is 189 cm³/mol. The number of pyridine rings is 1. The molecule has 9 heteroatoms. The number of hydrogen-bond acceptors (Lipinski definition) is 7. The summed E-state index contributed by atoms with van der Waals surface area (Å²) in [6.07, 6.45) is 2.77. The number of nitrogens with zero attached hydrogens (tertiary/aromatic N) is 1. The minimum atomic E-state index is -1.27. The van der Waals surface area contributed by atoms with Gasteiger partial charge in [0, 0.05) is 36.5 Å². The Morgan fingerprint density at radius 3 is 2.40 bits per heavy atom. The first kappa shape index (κ1) is 35.5. The summed E-state index contributed by atoms with van der Waals surface area (Å²) >= 11 is 0. The van der Waals surface area contributed by atoms with Crippen LogP contribution in [0.15, 0.2) is 66.7 Å².